The molecule has 2 aromatic heterocycles. The van der Waals surface area contributed by atoms with Crippen LogP contribution in [0.2, 0.25) is 0 Å². The zero-order chi connectivity index (χ0) is 13.2. The third-order valence-corrected chi connectivity index (χ3v) is 2.75. The molecule has 0 amide bonds. The average Bonchev–Trinajstić information content (AvgIpc) is 2.67. The standard InChI is InChI=1S/C13H9N3O3/c17-16(18)10-4-1-3-9(6-7-10)12-15-11-5-2-8-14-13(11)19-12/h1-5,7-8H,6H2. The van der Waals surface area contributed by atoms with Gasteiger partial charge in [-0.2, -0.15) is 0 Å². The van der Waals surface area contributed by atoms with Gasteiger partial charge in [0.25, 0.3) is 5.70 Å². The van der Waals surface area contributed by atoms with Crippen LogP contribution in [-0.2, 0) is 0 Å². The second kappa shape index (κ2) is 4.49. The number of hydrogen-bond acceptors (Lipinski definition) is 5. The van der Waals surface area contributed by atoms with E-state index in [1.54, 1.807) is 30.5 Å². The minimum Gasteiger partial charge on any atom is -0.418 e. The summed E-state index contributed by atoms with van der Waals surface area (Å²) >= 11 is 0. The molecular formula is C13H9N3O3. The van der Waals surface area contributed by atoms with E-state index in [2.05, 4.69) is 9.97 Å². The van der Waals surface area contributed by atoms with Crippen LogP contribution in [0.1, 0.15) is 12.3 Å². The Hall–Kier alpha value is -2.76. The number of fused-ring (bicyclic) bond motifs is 1. The monoisotopic (exact) mass is 255 g/mol. The van der Waals surface area contributed by atoms with Crippen molar-refractivity contribution in [2.24, 2.45) is 0 Å². The van der Waals surface area contributed by atoms with Crippen LogP contribution in [0.25, 0.3) is 16.8 Å². The first-order valence-electron chi connectivity index (χ1n) is 5.68. The van der Waals surface area contributed by atoms with Crippen LogP contribution >= 0.6 is 0 Å². The molecule has 1 aliphatic carbocycles. The Morgan fingerprint density at radius 2 is 2.32 bits per heavy atom. The SMILES string of the molecule is O=[N+]([O-])C1=CCC(c2nc3cccnc3o2)=CC=C1. The quantitative estimate of drug-likeness (QED) is 0.608. The first-order chi connectivity index (χ1) is 9.24. The van der Waals surface area contributed by atoms with Crippen molar-refractivity contribution < 1.29 is 9.34 Å². The lowest BCUT2D eigenvalue weighted by molar-refractivity contribution is -0.419. The molecule has 1 aliphatic rings. The molecule has 19 heavy (non-hydrogen) atoms. The first kappa shape index (κ1) is 11.3. The fourth-order valence-corrected chi connectivity index (χ4v) is 1.81. The van der Waals surface area contributed by atoms with Crippen LogP contribution in [-0.4, -0.2) is 14.9 Å². The predicted molar refractivity (Wildman–Crippen MR) is 68.6 cm³/mol. The lowest BCUT2D eigenvalue weighted by atomic mass is 10.2. The van der Waals surface area contributed by atoms with E-state index in [-0.39, 0.29) is 5.70 Å². The van der Waals surface area contributed by atoms with Gasteiger partial charge in [0.1, 0.15) is 5.52 Å². The molecule has 0 unspecified atom stereocenters. The zero-order valence-electron chi connectivity index (χ0n) is 9.81. The van der Waals surface area contributed by atoms with Crippen molar-refractivity contribution in [3.63, 3.8) is 0 Å². The number of rotatable bonds is 2. The van der Waals surface area contributed by atoms with Gasteiger partial charge in [-0.15, -0.1) is 0 Å². The summed E-state index contributed by atoms with van der Waals surface area (Å²) in [4.78, 5) is 18.7. The van der Waals surface area contributed by atoms with Gasteiger partial charge < -0.3 is 4.42 Å². The Labute approximate surface area is 107 Å². The van der Waals surface area contributed by atoms with Crippen molar-refractivity contribution in [1.82, 2.24) is 9.97 Å². The molecular weight excluding hydrogens is 246 g/mol. The summed E-state index contributed by atoms with van der Waals surface area (Å²) in [6.07, 6.45) is 8.40. The van der Waals surface area contributed by atoms with Gasteiger partial charge >= 0.3 is 0 Å². The number of oxazole rings is 1. The Balaban J connectivity index is 1.97. The highest BCUT2D eigenvalue weighted by Gasteiger charge is 2.14. The van der Waals surface area contributed by atoms with Crippen molar-refractivity contribution in [1.29, 1.82) is 0 Å². The van der Waals surface area contributed by atoms with Crippen LogP contribution in [0, 0.1) is 10.1 Å². The van der Waals surface area contributed by atoms with Crippen LogP contribution in [0.5, 0.6) is 0 Å². The Morgan fingerprint density at radius 3 is 3.11 bits per heavy atom. The lowest BCUT2D eigenvalue weighted by Gasteiger charge is -1.95. The fraction of sp³-hybridized carbons (Fsp3) is 0.0769. The van der Waals surface area contributed by atoms with Crippen LogP contribution in [0.4, 0.5) is 0 Å². The molecule has 0 fully saturated rings. The van der Waals surface area contributed by atoms with Crippen LogP contribution < -0.4 is 0 Å². The predicted octanol–water partition coefficient (Wildman–Crippen LogP) is 2.73. The molecule has 0 saturated carbocycles. The normalized spacial score (nSPS) is 14.9. The van der Waals surface area contributed by atoms with Gasteiger partial charge in [-0.1, -0.05) is 12.2 Å². The van der Waals surface area contributed by atoms with Gasteiger partial charge in [0.05, 0.1) is 4.92 Å². The van der Waals surface area contributed by atoms with E-state index < -0.39 is 4.92 Å². The summed E-state index contributed by atoms with van der Waals surface area (Å²) < 4.78 is 5.54. The van der Waals surface area contributed by atoms with Crippen molar-refractivity contribution in [3.8, 4) is 0 Å². The molecule has 0 spiro atoms. The highest BCUT2D eigenvalue weighted by Crippen LogP contribution is 2.24. The maximum atomic E-state index is 10.7. The number of nitrogens with zero attached hydrogens (tertiary/aromatic N) is 3. The molecule has 0 atom stereocenters. The van der Waals surface area contributed by atoms with Gasteiger partial charge in [0.15, 0.2) is 0 Å². The van der Waals surface area contributed by atoms with E-state index >= 15 is 0 Å². The lowest BCUT2D eigenvalue weighted by Crippen LogP contribution is -1.94. The summed E-state index contributed by atoms with van der Waals surface area (Å²) in [5.74, 6) is 0.444. The van der Waals surface area contributed by atoms with Crippen molar-refractivity contribution in [2.75, 3.05) is 0 Å². The number of allylic oxidation sites excluding steroid dienone is 5. The molecule has 94 valence electrons. The van der Waals surface area contributed by atoms with E-state index in [0.717, 1.165) is 5.57 Å². The molecule has 0 bridgehead atoms. The topological polar surface area (TPSA) is 82.1 Å². The molecule has 0 aliphatic heterocycles. The number of aromatic nitrogens is 2. The number of hydrogen-bond donors (Lipinski definition) is 0. The summed E-state index contributed by atoms with van der Waals surface area (Å²) in [6, 6.07) is 3.58. The third kappa shape index (κ3) is 2.15. The van der Waals surface area contributed by atoms with Gasteiger partial charge in [0.2, 0.25) is 11.6 Å². The van der Waals surface area contributed by atoms with Gasteiger partial charge in [-0.05, 0) is 18.2 Å². The van der Waals surface area contributed by atoms with E-state index in [0.29, 0.717) is 23.5 Å². The van der Waals surface area contributed by atoms with Crippen LogP contribution in [0.3, 0.4) is 0 Å². The fourth-order valence-electron chi connectivity index (χ4n) is 1.81. The first-order valence-corrected chi connectivity index (χ1v) is 5.68. The summed E-state index contributed by atoms with van der Waals surface area (Å²) in [6.45, 7) is 0. The van der Waals surface area contributed by atoms with Crippen LogP contribution in [0.15, 0.2) is 52.7 Å². The second-order valence-electron chi connectivity index (χ2n) is 3.99. The van der Waals surface area contributed by atoms with Gasteiger partial charge in [-0.3, -0.25) is 10.1 Å². The minimum absolute atomic E-state index is 0.0699. The number of pyridine rings is 1. The Kier molecular flexibility index (Phi) is 2.68. The summed E-state index contributed by atoms with van der Waals surface area (Å²) in [5.41, 5.74) is 1.99. The summed E-state index contributed by atoms with van der Waals surface area (Å²) in [5, 5.41) is 10.7. The Morgan fingerprint density at radius 1 is 1.42 bits per heavy atom. The second-order valence-corrected chi connectivity index (χ2v) is 3.99. The smallest absolute Gasteiger partial charge is 0.265 e. The summed E-state index contributed by atoms with van der Waals surface area (Å²) in [7, 11) is 0. The van der Waals surface area contributed by atoms with E-state index in [9.17, 15) is 10.1 Å². The molecule has 2 aromatic rings. The molecule has 2 heterocycles. The highest BCUT2D eigenvalue weighted by atomic mass is 16.6. The van der Waals surface area contributed by atoms with Gasteiger partial charge in [-0.25, -0.2) is 9.97 Å². The zero-order valence-corrected chi connectivity index (χ0v) is 9.81. The minimum atomic E-state index is -0.416. The number of nitro groups is 1. The maximum Gasteiger partial charge on any atom is 0.265 e. The van der Waals surface area contributed by atoms with Crippen molar-refractivity contribution >= 4 is 16.8 Å². The van der Waals surface area contributed by atoms with E-state index in [1.807, 2.05) is 0 Å². The molecule has 0 saturated heterocycles. The van der Waals surface area contributed by atoms with E-state index in [1.165, 1.54) is 12.2 Å². The van der Waals surface area contributed by atoms with E-state index in [4.69, 9.17) is 4.42 Å². The van der Waals surface area contributed by atoms with Crippen molar-refractivity contribution in [2.45, 2.75) is 6.42 Å². The molecule has 0 radical (unpaired) electrons. The molecule has 0 N–H and O–H groups in total. The molecule has 6 heteroatoms. The van der Waals surface area contributed by atoms with Gasteiger partial charge in [0, 0.05) is 24.3 Å². The molecule has 0 aromatic carbocycles. The molecule has 6 nitrogen and oxygen atoms in total. The average molecular weight is 255 g/mol. The maximum absolute atomic E-state index is 10.7. The van der Waals surface area contributed by atoms with Crippen molar-refractivity contribution in [3.05, 3.63) is 64.3 Å². The molecule has 3 rings (SSSR count). The largest absolute Gasteiger partial charge is 0.418 e. The highest BCUT2D eigenvalue weighted by molar-refractivity contribution is 5.73. The Bertz CT molecular complexity index is 707. The third-order valence-electron chi connectivity index (χ3n) is 2.75.